The number of aliphatic hydroxyl groups excluding tert-OH is 1. The Morgan fingerprint density at radius 3 is 2.12 bits per heavy atom. The maximum atomic E-state index is 9.71. The van der Waals surface area contributed by atoms with Gasteiger partial charge >= 0.3 is 5.97 Å². The van der Waals surface area contributed by atoms with Crippen molar-refractivity contribution in [1.29, 1.82) is 0 Å². The molecule has 0 aromatic rings. The Morgan fingerprint density at radius 2 is 2.12 bits per heavy atom. The number of aliphatic hydroxyl groups is 1. The van der Waals surface area contributed by atoms with Crippen molar-refractivity contribution in [2.75, 3.05) is 13.7 Å². The Morgan fingerprint density at radius 1 is 1.75 bits per heavy atom. The standard InChI is InChI=1S/C3H6O3.C2H4/c1-6-3(5)2-4;1-2/h4H,2H2,1H3;1-2H2. The third-order valence-corrected chi connectivity index (χ3v) is 0.357. The number of rotatable bonds is 1. The van der Waals surface area contributed by atoms with E-state index in [4.69, 9.17) is 5.11 Å². The summed E-state index contributed by atoms with van der Waals surface area (Å²) in [7, 11) is 1.22. The van der Waals surface area contributed by atoms with Crippen LogP contribution in [0.2, 0.25) is 0 Å². The Kier molecular flexibility index (Phi) is 12.1. The van der Waals surface area contributed by atoms with Crippen molar-refractivity contribution >= 4 is 5.97 Å². The lowest BCUT2D eigenvalue weighted by Gasteiger charge is -1.86. The van der Waals surface area contributed by atoms with E-state index in [2.05, 4.69) is 17.9 Å². The quantitative estimate of drug-likeness (QED) is 0.388. The zero-order valence-electron chi connectivity index (χ0n) is 4.89. The second-order valence-electron chi connectivity index (χ2n) is 0.734. The van der Waals surface area contributed by atoms with Crippen LogP contribution >= 0.6 is 0 Å². The van der Waals surface area contributed by atoms with Crippen molar-refractivity contribution in [3.63, 3.8) is 0 Å². The first kappa shape index (κ1) is 10.2. The number of methoxy groups -OCH3 is 1. The third kappa shape index (κ3) is 8.95. The maximum Gasteiger partial charge on any atom is 0.331 e. The topological polar surface area (TPSA) is 46.5 Å². The second-order valence-corrected chi connectivity index (χ2v) is 0.734. The Hall–Kier alpha value is -0.830. The molecule has 0 aliphatic carbocycles. The Labute approximate surface area is 48.6 Å². The van der Waals surface area contributed by atoms with Crippen LogP contribution in [0.3, 0.4) is 0 Å². The fourth-order valence-electron chi connectivity index (χ4n) is 0.0645. The number of carbonyl (C=O) groups excluding carboxylic acids is 1. The fraction of sp³-hybridized carbons (Fsp3) is 0.400. The van der Waals surface area contributed by atoms with Gasteiger partial charge in [-0.1, -0.05) is 0 Å². The highest BCUT2D eigenvalue weighted by Crippen LogP contribution is 1.63. The molecule has 3 nitrogen and oxygen atoms in total. The number of ether oxygens (including phenoxy) is 1. The highest BCUT2D eigenvalue weighted by molar-refractivity contribution is 5.70. The van der Waals surface area contributed by atoms with Gasteiger partial charge in [-0.25, -0.2) is 4.79 Å². The molecule has 0 saturated carbocycles. The minimum atomic E-state index is -0.602. The molecule has 8 heavy (non-hydrogen) atoms. The molecule has 0 fully saturated rings. The van der Waals surface area contributed by atoms with Crippen molar-refractivity contribution in [3.8, 4) is 0 Å². The molecule has 0 amide bonds. The van der Waals surface area contributed by atoms with Crippen LogP contribution in [0.15, 0.2) is 13.2 Å². The molecule has 0 unspecified atom stereocenters. The van der Waals surface area contributed by atoms with Crippen LogP contribution in [0.4, 0.5) is 0 Å². The molecule has 0 heterocycles. The van der Waals surface area contributed by atoms with E-state index in [-0.39, 0.29) is 0 Å². The summed E-state index contributed by atoms with van der Waals surface area (Å²) in [5, 5.41) is 7.86. The van der Waals surface area contributed by atoms with Crippen LogP contribution in [0.25, 0.3) is 0 Å². The molecule has 0 bridgehead atoms. The lowest BCUT2D eigenvalue weighted by Crippen LogP contribution is -2.04. The Balaban J connectivity index is 0. The molecule has 0 aromatic heterocycles. The van der Waals surface area contributed by atoms with Gasteiger partial charge in [-0.3, -0.25) is 0 Å². The van der Waals surface area contributed by atoms with Crippen LogP contribution < -0.4 is 0 Å². The highest BCUT2D eigenvalue weighted by atomic mass is 16.5. The lowest BCUT2D eigenvalue weighted by molar-refractivity contribution is -0.143. The summed E-state index contributed by atoms with van der Waals surface area (Å²) in [6.07, 6.45) is 0. The first-order chi connectivity index (χ1) is 3.81. The molecule has 0 aromatic carbocycles. The van der Waals surface area contributed by atoms with Gasteiger partial charge in [0, 0.05) is 0 Å². The normalized spacial score (nSPS) is 6.25. The first-order valence-electron chi connectivity index (χ1n) is 1.99. The van der Waals surface area contributed by atoms with Gasteiger partial charge in [-0.05, 0) is 0 Å². The van der Waals surface area contributed by atoms with E-state index in [1.165, 1.54) is 7.11 Å². The monoisotopic (exact) mass is 118 g/mol. The number of hydrogen-bond donors (Lipinski definition) is 1. The first-order valence-corrected chi connectivity index (χ1v) is 1.99. The minimum absolute atomic E-state index is 0.531. The van der Waals surface area contributed by atoms with Gasteiger partial charge in [-0.2, -0.15) is 0 Å². The molecule has 0 rings (SSSR count). The largest absolute Gasteiger partial charge is 0.467 e. The molecule has 0 aliphatic heterocycles. The predicted molar refractivity (Wildman–Crippen MR) is 30.4 cm³/mol. The fourth-order valence-corrected chi connectivity index (χ4v) is 0.0645. The van der Waals surface area contributed by atoms with Gasteiger partial charge < -0.3 is 9.84 Å². The van der Waals surface area contributed by atoms with Gasteiger partial charge in [-0.15, -0.1) is 13.2 Å². The van der Waals surface area contributed by atoms with Crippen molar-refractivity contribution in [2.24, 2.45) is 0 Å². The van der Waals surface area contributed by atoms with E-state index in [0.29, 0.717) is 0 Å². The predicted octanol–water partition coefficient (Wildman–Crippen LogP) is -0.0461. The van der Waals surface area contributed by atoms with Gasteiger partial charge in [0.1, 0.15) is 6.61 Å². The SMILES string of the molecule is C=C.COC(=O)CO. The summed E-state index contributed by atoms with van der Waals surface area (Å²) in [4.78, 5) is 9.71. The van der Waals surface area contributed by atoms with Gasteiger partial charge in [0.05, 0.1) is 7.11 Å². The highest BCUT2D eigenvalue weighted by Gasteiger charge is 1.89. The molecule has 0 radical (unpaired) electrons. The van der Waals surface area contributed by atoms with Crippen LogP contribution in [0.5, 0.6) is 0 Å². The molecule has 0 spiro atoms. The minimum Gasteiger partial charge on any atom is -0.467 e. The van der Waals surface area contributed by atoms with E-state index < -0.39 is 12.6 Å². The van der Waals surface area contributed by atoms with Gasteiger partial charge in [0.25, 0.3) is 0 Å². The zero-order valence-corrected chi connectivity index (χ0v) is 4.89. The Bertz CT molecular complexity index is 54.7. The molecular formula is C5H10O3. The van der Waals surface area contributed by atoms with Crippen LogP contribution in [-0.2, 0) is 9.53 Å². The molecule has 0 atom stereocenters. The number of hydrogen-bond acceptors (Lipinski definition) is 3. The average molecular weight is 118 g/mol. The van der Waals surface area contributed by atoms with Crippen LogP contribution in [0, 0.1) is 0 Å². The molecule has 0 aliphatic rings. The second kappa shape index (κ2) is 9.48. The maximum absolute atomic E-state index is 9.71. The van der Waals surface area contributed by atoms with E-state index in [9.17, 15) is 4.79 Å². The molecule has 1 N–H and O–H groups in total. The smallest absolute Gasteiger partial charge is 0.331 e. The summed E-state index contributed by atoms with van der Waals surface area (Å²) in [6, 6.07) is 0. The van der Waals surface area contributed by atoms with Crippen molar-refractivity contribution in [3.05, 3.63) is 13.2 Å². The van der Waals surface area contributed by atoms with Gasteiger partial charge in [0.2, 0.25) is 0 Å². The summed E-state index contributed by atoms with van der Waals surface area (Å²) in [5.74, 6) is -0.602. The zero-order chi connectivity index (χ0) is 6.99. The summed E-state index contributed by atoms with van der Waals surface area (Å²) in [5.41, 5.74) is 0. The number of esters is 1. The van der Waals surface area contributed by atoms with Crippen molar-refractivity contribution in [2.45, 2.75) is 0 Å². The van der Waals surface area contributed by atoms with Crippen LogP contribution in [0.1, 0.15) is 0 Å². The van der Waals surface area contributed by atoms with E-state index in [0.717, 1.165) is 0 Å². The molecule has 0 saturated heterocycles. The molecular weight excluding hydrogens is 108 g/mol. The third-order valence-electron chi connectivity index (χ3n) is 0.357. The number of carbonyl (C=O) groups is 1. The van der Waals surface area contributed by atoms with Gasteiger partial charge in [0.15, 0.2) is 0 Å². The molecule has 48 valence electrons. The van der Waals surface area contributed by atoms with Crippen molar-refractivity contribution in [1.82, 2.24) is 0 Å². The summed E-state index contributed by atoms with van der Waals surface area (Å²) in [6.45, 7) is 5.47. The summed E-state index contributed by atoms with van der Waals surface area (Å²) >= 11 is 0. The summed E-state index contributed by atoms with van der Waals surface area (Å²) < 4.78 is 4.01. The van der Waals surface area contributed by atoms with Crippen molar-refractivity contribution < 1.29 is 14.6 Å². The van der Waals surface area contributed by atoms with E-state index >= 15 is 0 Å². The van der Waals surface area contributed by atoms with E-state index in [1.807, 2.05) is 0 Å². The van der Waals surface area contributed by atoms with E-state index in [1.54, 1.807) is 0 Å². The van der Waals surface area contributed by atoms with Crippen LogP contribution in [-0.4, -0.2) is 24.8 Å². The molecule has 3 heteroatoms. The lowest BCUT2D eigenvalue weighted by atomic mass is 10.8. The average Bonchev–Trinajstić information content (AvgIpc) is 1.91.